The molecule has 5 heteroatoms. The van der Waals surface area contributed by atoms with E-state index in [2.05, 4.69) is 41.6 Å². The number of imidazole rings is 1. The highest BCUT2D eigenvalue weighted by Crippen LogP contribution is 2.18. The number of nitrogens with one attached hydrogen (secondary N) is 1. The molecule has 0 saturated heterocycles. The molecule has 0 unspecified atom stereocenters. The predicted molar refractivity (Wildman–Crippen MR) is 122 cm³/mol. The van der Waals surface area contributed by atoms with Crippen LogP contribution in [0.2, 0.25) is 0 Å². The molecule has 0 radical (unpaired) electrons. The van der Waals surface area contributed by atoms with Crippen LogP contribution < -0.4 is 10.1 Å². The van der Waals surface area contributed by atoms with Gasteiger partial charge in [0.1, 0.15) is 11.6 Å². The second-order valence-electron chi connectivity index (χ2n) is 7.51. The molecule has 0 aliphatic carbocycles. The van der Waals surface area contributed by atoms with Crippen LogP contribution >= 0.6 is 0 Å². The van der Waals surface area contributed by atoms with Gasteiger partial charge < -0.3 is 14.6 Å². The summed E-state index contributed by atoms with van der Waals surface area (Å²) in [5, 5.41) is 2.89. The molecule has 0 spiro atoms. The summed E-state index contributed by atoms with van der Waals surface area (Å²) < 4.78 is 8.19. The van der Waals surface area contributed by atoms with Crippen molar-refractivity contribution < 1.29 is 9.53 Å². The Balaban J connectivity index is 1.57. The zero-order chi connectivity index (χ0) is 21.3. The fraction of sp³-hybridized carbons (Fsp3) is 0.360. The highest BCUT2D eigenvalue weighted by molar-refractivity contribution is 5.92. The third kappa shape index (κ3) is 5.72. The van der Waals surface area contributed by atoms with Gasteiger partial charge in [0.25, 0.3) is 0 Å². The summed E-state index contributed by atoms with van der Waals surface area (Å²) in [4.78, 5) is 16.5. The van der Waals surface area contributed by atoms with Gasteiger partial charge in [-0.15, -0.1) is 0 Å². The maximum absolute atomic E-state index is 11.6. The number of carbonyl (C=O) groups is 1. The number of hydrogen-bond donors (Lipinski definition) is 1. The maximum atomic E-state index is 11.6. The Labute approximate surface area is 178 Å². The molecule has 0 aliphatic rings. The molecule has 5 nitrogen and oxygen atoms in total. The lowest BCUT2D eigenvalue weighted by atomic mass is 10.2. The number of rotatable bonds is 11. The lowest BCUT2D eigenvalue weighted by Crippen LogP contribution is -2.25. The van der Waals surface area contributed by atoms with Gasteiger partial charge in [0.2, 0.25) is 5.91 Å². The van der Waals surface area contributed by atoms with Gasteiger partial charge in [0.05, 0.1) is 17.6 Å². The molecule has 3 rings (SSSR count). The smallest absolute Gasteiger partial charge is 0.246 e. The topological polar surface area (TPSA) is 56.2 Å². The van der Waals surface area contributed by atoms with E-state index in [-0.39, 0.29) is 5.91 Å². The molecular formula is C25H31N3O2. The van der Waals surface area contributed by atoms with E-state index in [1.54, 1.807) is 6.92 Å². The van der Waals surface area contributed by atoms with Crippen molar-refractivity contribution in [2.75, 3.05) is 13.2 Å². The van der Waals surface area contributed by atoms with E-state index < -0.39 is 0 Å². The molecule has 1 amide bonds. The standard InChI is InChI=1S/C25H31N3O2/c1-4-20-12-14-21(15-13-20)30-18-8-17-28-23-10-6-5-9-22(23)27-24(28)11-7-16-26-25(29)19(2)3/h5-6,9-10,12-15H,2,4,7-8,11,16-18H2,1,3H3,(H,26,29). The number of fused-ring (bicyclic) bond motifs is 1. The number of hydrogen-bond acceptors (Lipinski definition) is 3. The Hall–Kier alpha value is -3.08. The third-order valence-corrected chi connectivity index (χ3v) is 5.11. The molecule has 1 aromatic heterocycles. The molecule has 0 bridgehead atoms. The average molecular weight is 406 g/mol. The Bertz CT molecular complexity index is 989. The minimum Gasteiger partial charge on any atom is -0.494 e. The molecule has 0 saturated carbocycles. The fourth-order valence-electron chi connectivity index (χ4n) is 3.40. The molecule has 0 fully saturated rings. The van der Waals surface area contributed by atoms with Crippen LogP contribution in [-0.4, -0.2) is 28.6 Å². The van der Waals surface area contributed by atoms with E-state index in [1.165, 1.54) is 5.56 Å². The zero-order valence-corrected chi connectivity index (χ0v) is 18.0. The number of amides is 1. The van der Waals surface area contributed by atoms with Crippen molar-refractivity contribution in [3.8, 4) is 5.75 Å². The fourth-order valence-corrected chi connectivity index (χ4v) is 3.40. The number of aryl methyl sites for hydroxylation is 3. The van der Waals surface area contributed by atoms with Crippen molar-refractivity contribution in [3.05, 3.63) is 72.1 Å². The van der Waals surface area contributed by atoms with E-state index in [0.717, 1.165) is 54.8 Å². The maximum Gasteiger partial charge on any atom is 0.246 e. The number of benzene rings is 2. The van der Waals surface area contributed by atoms with Gasteiger partial charge in [-0.3, -0.25) is 4.79 Å². The monoisotopic (exact) mass is 405 g/mol. The second-order valence-corrected chi connectivity index (χ2v) is 7.51. The first kappa shape index (κ1) is 21.6. The molecule has 158 valence electrons. The van der Waals surface area contributed by atoms with Gasteiger partial charge in [-0.2, -0.15) is 0 Å². The lowest BCUT2D eigenvalue weighted by Gasteiger charge is -2.11. The van der Waals surface area contributed by atoms with Crippen LogP contribution in [0.3, 0.4) is 0 Å². The normalized spacial score (nSPS) is 10.9. The number of ether oxygens (including phenoxy) is 1. The van der Waals surface area contributed by atoms with Gasteiger partial charge in [0.15, 0.2) is 0 Å². The number of nitrogens with zero attached hydrogens (tertiary/aromatic N) is 2. The van der Waals surface area contributed by atoms with E-state index >= 15 is 0 Å². The quantitative estimate of drug-likeness (QED) is 0.372. The summed E-state index contributed by atoms with van der Waals surface area (Å²) in [6.45, 7) is 9.66. The SMILES string of the molecule is C=C(C)C(=O)NCCCc1nc2ccccc2n1CCCOc1ccc(CC)cc1. The molecule has 0 atom stereocenters. The van der Waals surface area contributed by atoms with Crippen LogP contribution in [0.25, 0.3) is 11.0 Å². The van der Waals surface area contributed by atoms with Gasteiger partial charge in [-0.1, -0.05) is 37.8 Å². The third-order valence-electron chi connectivity index (χ3n) is 5.11. The average Bonchev–Trinajstić information content (AvgIpc) is 3.11. The van der Waals surface area contributed by atoms with E-state index in [1.807, 2.05) is 30.3 Å². The van der Waals surface area contributed by atoms with Gasteiger partial charge >= 0.3 is 0 Å². The van der Waals surface area contributed by atoms with Gasteiger partial charge in [-0.25, -0.2) is 4.98 Å². The first-order chi connectivity index (χ1) is 14.6. The zero-order valence-electron chi connectivity index (χ0n) is 18.0. The van der Waals surface area contributed by atoms with E-state index in [9.17, 15) is 4.79 Å². The summed E-state index contributed by atoms with van der Waals surface area (Å²) in [7, 11) is 0. The van der Waals surface area contributed by atoms with Gasteiger partial charge in [-0.05, 0) is 56.0 Å². The van der Waals surface area contributed by atoms with Crippen LogP contribution in [0, 0.1) is 0 Å². The Morgan fingerprint density at radius 3 is 2.63 bits per heavy atom. The van der Waals surface area contributed by atoms with Gasteiger partial charge in [0, 0.05) is 25.1 Å². The molecule has 1 N–H and O–H groups in total. The number of aromatic nitrogens is 2. The summed E-state index contributed by atoms with van der Waals surface area (Å²) in [5.41, 5.74) is 4.00. The highest BCUT2D eigenvalue weighted by atomic mass is 16.5. The highest BCUT2D eigenvalue weighted by Gasteiger charge is 2.10. The van der Waals surface area contributed by atoms with Crippen molar-refractivity contribution in [1.82, 2.24) is 14.9 Å². The lowest BCUT2D eigenvalue weighted by molar-refractivity contribution is -0.117. The van der Waals surface area contributed by atoms with Crippen molar-refractivity contribution >= 4 is 16.9 Å². The summed E-state index contributed by atoms with van der Waals surface area (Å²) >= 11 is 0. The van der Waals surface area contributed by atoms with Crippen molar-refractivity contribution in [2.45, 2.75) is 46.1 Å². The van der Waals surface area contributed by atoms with Crippen LogP contribution in [0.4, 0.5) is 0 Å². The number of para-hydroxylation sites is 2. The molecular weight excluding hydrogens is 374 g/mol. The molecule has 30 heavy (non-hydrogen) atoms. The van der Waals surface area contributed by atoms with Crippen LogP contribution in [0.5, 0.6) is 5.75 Å². The summed E-state index contributed by atoms with van der Waals surface area (Å²) in [6, 6.07) is 16.5. The second kappa shape index (κ2) is 10.6. The Morgan fingerprint density at radius 2 is 1.90 bits per heavy atom. The molecule has 1 heterocycles. The summed E-state index contributed by atoms with van der Waals surface area (Å²) in [6.07, 6.45) is 3.58. The molecule has 0 aliphatic heterocycles. The molecule has 2 aromatic carbocycles. The number of carbonyl (C=O) groups excluding carboxylic acids is 1. The van der Waals surface area contributed by atoms with Crippen LogP contribution in [0.1, 0.15) is 38.1 Å². The first-order valence-electron chi connectivity index (χ1n) is 10.7. The Kier molecular flexibility index (Phi) is 7.66. The minimum absolute atomic E-state index is 0.0902. The first-order valence-corrected chi connectivity index (χ1v) is 10.7. The van der Waals surface area contributed by atoms with Crippen molar-refractivity contribution in [3.63, 3.8) is 0 Å². The minimum atomic E-state index is -0.0902. The van der Waals surface area contributed by atoms with Crippen LogP contribution in [0.15, 0.2) is 60.7 Å². The Morgan fingerprint density at radius 1 is 1.13 bits per heavy atom. The van der Waals surface area contributed by atoms with Crippen molar-refractivity contribution in [2.24, 2.45) is 0 Å². The molecule has 3 aromatic rings. The van der Waals surface area contributed by atoms with Crippen LogP contribution in [-0.2, 0) is 24.2 Å². The van der Waals surface area contributed by atoms with E-state index in [4.69, 9.17) is 9.72 Å². The predicted octanol–water partition coefficient (Wildman–Crippen LogP) is 4.69. The largest absolute Gasteiger partial charge is 0.494 e. The summed E-state index contributed by atoms with van der Waals surface area (Å²) in [5.74, 6) is 1.87. The van der Waals surface area contributed by atoms with E-state index in [0.29, 0.717) is 18.7 Å². The van der Waals surface area contributed by atoms with Crippen molar-refractivity contribution in [1.29, 1.82) is 0 Å².